The first-order valence-electron chi connectivity index (χ1n) is 7.80. The van der Waals surface area contributed by atoms with E-state index >= 15 is 0 Å². The van der Waals surface area contributed by atoms with Gasteiger partial charge in [-0.2, -0.15) is 0 Å². The van der Waals surface area contributed by atoms with Gasteiger partial charge in [-0.25, -0.2) is 9.97 Å². The Kier molecular flexibility index (Phi) is 3.58. The van der Waals surface area contributed by atoms with Gasteiger partial charge in [0.2, 0.25) is 0 Å². The van der Waals surface area contributed by atoms with Gasteiger partial charge < -0.3 is 10.2 Å². The molecule has 4 rings (SSSR count). The molecule has 2 N–H and O–H groups in total. The summed E-state index contributed by atoms with van der Waals surface area (Å²) in [7, 11) is 0. The molecule has 0 aliphatic rings. The fourth-order valence-corrected chi connectivity index (χ4v) is 3.86. The summed E-state index contributed by atoms with van der Waals surface area (Å²) in [6, 6.07) is 16.3. The van der Waals surface area contributed by atoms with Crippen LogP contribution in [0.4, 0.5) is 5.82 Å². The molecule has 0 radical (unpaired) electrons. The van der Waals surface area contributed by atoms with E-state index < -0.39 is 0 Å². The van der Waals surface area contributed by atoms with Crippen molar-refractivity contribution in [2.24, 2.45) is 0 Å². The van der Waals surface area contributed by atoms with Gasteiger partial charge in [-0.1, -0.05) is 37.3 Å². The Bertz CT molecular complexity index is 1000. The molecule has 3 heterocycles. The average molecular weight is 335 g/mol. The highest BCUT2D eigenvalue weighted by molar-refractivity contribution is 7.18. The molecule has 0 saturated heterocycles. The van der Waals surface area contributed by atoms with Crippen LogP contribution in [0.25, 0.3) is 21.8 Å². The number of hydrogen-bond acceptors (Lipinski definition) is 5. The summed E-state index contributed by atoms with van der Waals surface area (Å²) < 4.78 is 5.62. The zero-order chi connectivity index (χ0) is 16.7. The van der Waals surface area contributed by atoms with Crippen LogP contribution in [0.2, 0.25) is 0 Å². The number of rotatable bonds is 3. The third-order valence-electron chi connectivity index (χ3n) is 4.13. The van der Waals surface area contributed by atoms with Crippen molar-refractivity contribution in [1.29, 1.82) is 0 Å². The maximum absolute atomic E-state index is 6.17. The van der Waals surface area contributed by atoms with Gasteiger partial charge in [0.05, 0.1) is 5.39 Å². The van der Waals surface area contributed by atoms with Crippen molar-refractivity contribution < 1.29 is 4.42 Å². The van der Waals surface area contributed by atoms with Gasteiger partial charge in [0.15, 0.2) is 11.6 Å². The maximum Gasteiger partial charge on any atom is 0.199 e. The minimum Gasteiger partial charge on any atom is -0.458 e. The van der Waals surface area contributed by atoms with Crippen LogP contribution < -0.4 is 5.73 Å². The highest BCUT2D eigenvalue weighted by Crippen LogP contribution is 2.36. The number of nitrogen functional groups attached to an aromatic ring is 1. The van der Waals surface area contributed by atoms with Gasteiger partial charge in [-0.05, 0) is 30.7 Å². The SMILES string of the molecule is Cc1ccc(-c2nc(N)c3cc(C(C)c4ccccc4)sc3n2)o1. The standard InChI is InChI=1S/C19H17N3OS/c1-11-8-9-15(23-11)18-21-17(20)14-10-16(24-19(14)22-18)12(2)13-6-4-3-5-7-13/h3-10,12H,1-2H3,(H2,20,21,22). The molecule has 5 heteroatoms. The maximum atomic E-state index is 6.17. The van der Waals surface area contributed by atoms with Crippen molar-refractivity contribution in [3.05, 3.63) is 64.7 Å². The molecule has 0 bridgehead atoms. The predicted octanol–water partition coefficient (Wildman–Crippen LogP) is 4.99. The molecule has 0 aliphatic carbocycles. The van der Waals surface area contributed by atoms with Crippen LogP contribution in [0, 0.1) is 6.92 Å². The van der Waals surface area contributed by atoms with Crippen molar-refractivity contribution in [3.63, 3.8) is 0 Å². The minimum absolute atomic E-state index is 0.291. The Labute approximate surface area is 144 Å². The fraction of sp³-hybridized carbons (Fsp3) is 0.158. The molecule has 3 aromatic heterocycles. The Balaban J connectivity index is 1.79. The van der Waals surface area contributed by atoms with Crippen LogP contribution in [0.1, 0.15) is 29.0 Å². The fourth-order valence-electron chi connectivity index (χ4n) is 2.75. The molecule has 1 unspecified atom stereocenters. The Morgan fingerprint density at radius 2 is 1.88 bits per heavy atom. The van der Waals surface area contributed by atoms with Crippen molar-refractivity contribution in [2.75, 3.05) is 5.73 Å². The number of nitrogens with zero attached hydrogens (tertiary/aromatic N) is 2. The van der Waals surface area contributed by atoms with E-state index in [1.54, 1.807) is 11.3 Å². The molecule has 24 heavy (non-hydrogen) atoms. The van der Waals surface area contributed by atoms with E-state index in [0.717, 1.165) is 16.0 Å². The number of furan rings is 1. The lowest BCUT2D eigenvalue weighted by Gasteiger charge is -2.08. The molecule has 4 nitrogen and oxygen atoms in total. The summed E-state index contributed by atoms with van der Waals surface area (Å²) in [5.74, 6) is 2.80. The highest BCUT2D eigenvalue weighted by Gasteiger charge is 2.16. The molecule has 0 saturated carbocycles. The van der Waals surface area contributed by atoms with Crippen molar-refractivity contribution in [1.82, 2.24) is 9.97 Å². The Morgan fingerprint density at radius 3 is 2.58 bits per heavy atom. The first-order valence-corrected chi connectivity index (χ1v) is 8.62. The lowest BCUT2D eigenvalue weighted by Crippen LogP contribution is -1.95. The smallest absolute Gasteiger partial charge is 0.199 e. The number of anilines is 1. The number of fused-ring (bicyclic) bond motifs is 1. The molecule has 1 atom stereocenters. The van der Waals surface area contributed by atoms with E-state index in [0.29, 0.717) is 23.3 Å². The third-order valence-corrected chi connectivity index (χ3v) is 5.34. The van der Waals surface area contributed by atoms with Gasteiger partial charge in [0.1, 0.15) is 16.4 Å². The van der Waals surface area contributed by atoms with Crippen molar-refractivity contribution in [3.8, 4) is 11.6 Å². The number of benzene rings is 1. The number of hydrogen-bond donors (Lipinski definition) is 1. The van der Waals surface area contributed by atoms with E-state index in [1.165, 1.54) is 10.4 Å². The second-order valence-electron chi connectivity index (χ2n) is 5.84. The second-order valence-corrected chi connectivity index (χ2v) is 6.90. The summed E-state index contributed by atoms with van der Waals surface area (Å²) in [6.45, 7) is 4.09. The molecular weight excluding hydrogens is 318 g/mol. The molecule has 0 fully saturated rings. The largest absolute Gasteiger partial charge is 0.458 e. The number of nitrogens with two attached hydrogens (primary N) is 1. The van der Waals surface area contributed by atoms with Gasteiger partial charge in [0, 0.05) is 10.8 Å². The summed E-state index contributed by atoms with van der Waals surface area (Å²) in [5, 5.41) is 0.907. The highest BCUT2D eigenvalue weighted by atomic mass is 32.1. The molecule has 0 spiro atoms. The quantitative estimate of drug-likeness (QED) is 0.572. The molecule has 120 valence electrons. The molecule has 4 aromatic rings. The molecule has 0 aliphatic heterocycles. The number of thiophene rings is 1. The van der Waals surface area contributed by atoms with E-state index in [-0.39, 0.29) is 0 Å². The summed E-state index contributed by atoms with van der Waals surface area (Å²) >= 11 is 1.66. The van der Waals surface area contributed by atoms with Crippen LogP contribution in [0.5, 0.6) is 0 Å². The van der Waals surface area contributed by atoms with Crippen LogP contribution >= 0.6 is 11.3 Å². The van der Waals surface area contributed by atoms with E-state index in [4.69, 9.17) is 10.2 Å². The van der Waals surface area contributed by atoms with Crippen LogP contribution in [-0.4, -0.2) is 9.97 Å². The van der Waals surface area contributed by atoms with Crippen molar-refractivity contribution >= 4 is 27.4 Å². The summed E-state index contributed by atoms with van der Waals surface area (Å²) in [5.41, 5.74) is 7.44. The van der Waals surface area contributed by atoms with Gasteiger partial charge in [-0.15, -0.1) is 11.3 Å². The normalized spacial score (nSPS) is 12.6. The predicted molar refractivity (Wildman–Crippen MR) is 98.2 cm³/mol. The number of aryl methyl sites for hydroxylation is 1. The van der Waals surface area contributed by atoms with E-state index in [2.05, 4.69) is 47.2 Å². The molecule has 1 aromatic carbocycles. The lowest BCUT2D eigenvalue weighted by atomic mass is 9.99. The third kappa shape index (κ3) is 2.57. The first-order chi connectivity index (χ1) is 11.6. The van der Waals surface area contributed by atoms with Crippen molar-refractivity contribution in [2.45, 2.75) is 19.8 Å². The van der Waals surface area contributed by atoms with Gasteiger partial charge in [-0.3, -0.25) is 0 Å². The average Bonchev–Trinajstić information content (AvgIpc) is 3.21. The summed E-state index contributed by atoms with van der Waals surface area (Å²) in [6.07, 6.45) is 0. The second kappa shape index (κ2) is 5.76. The zero-order valence-electron chi connectivity index (χ0n) is 13.5. The molecular formula is C19H17N3OS. The van der Waals surface area contributed by atoms with E-state index in [1.807, 2.05) is 25.1 Å². The zero-order valence-corrected chi connectivity index (χ0v) is 14.3. The minimum atomic E-state index is 0.291. The Hall–Kier alpha value is -2.66. The number of aromatic nitrogens is 2. The van der Waals surface area contributed by atoms with Gasteiger partial charge >= 0.3 is 0 Å². The van der Waals surface area contributed by atoms with Crippen LogP contribution in [-0.2, 0) is 0 Å². The summed E-state index contributed by atoms with van der Waals surface area (Å²) in [4.78, 5) is 11.2. The van der Waals surface area contributed by atoms with Crippen LogP contribution in [0.15, 0.2) is 52.9 Å². The lowest BCUT2D eigenvalue weighted by molar-refractivity contribution is 0.544. The first kappa shape index (κ1) is 14.9. The topological polar surface area (TPSA) is 64.9 Å². The van der Waals surface area contributed by atoms with Gasteiger partial charge in [0.25, 0.3) is 0 Å². The van der Waals surface area contributed by atoms with E-state index in [9.17, 15) is 0 Å². The van der Waals surface area contributed by atoms with Crippen LogP contribution in [0.3, 0.4) is 0 Å². The Morgan fingerprint density at radius 1 is 1.08 bits per heavy atom. The molecule has 0 amide bonds. The monoisotopic (exact) mass is 335 g/mol.